The lowest BCUT2D eigenvalue weighted by atomic mass is 9.64. The zero-order valence-corrected chi connectivity index (χ0v) is 10.4. The monoisotopic (exact) mass is 213 g/mol. The van der Waals surface area contributed by atoms with Crippen molar-refractivity contribution in [3.05, 3.63) is 29.8 Å². The van der Waals surface area contributed by atoms with Crippen molar-refractivity contribution in [2.24, 2.45) is 0 Å². The van der Waals surface area contributed by atoms with Crippen LogP contribution in [0.5, 0.6) is 0 Å². The van der Waals surface area contributed by atoms with Crippen LogP contribution in [0.1, 0.15) is 56.9 Å². The van der Waals surface area contributed by atoms with E-state index in [0.29, 0.717) is 0 Å². The molecule has 1 aliphatic rings. The summed E-state index contributed by atoms with van der Waals surface area (Å²) in [5.74, 6) is 0.878. The summed E-state index contributed by atoms with van der Waals surface area (Å²) in [6.07, 6.45) is 9.52. The van der Waals surface area contributed by atoms with Crippen LogP contribution in [0.25, 0.3) is 0 Å². The van der Waals surface area contributed by atoms with Gasteiger partial charge in [-0.25, -0.2) is 0 Å². The highest BCUT2D eigenvalue weighted by molar-refractivity contribution is 6.54. The Morgan fingerprint density at radius 3 is 2.69 bits per heavy atom. The van der Waals surface area contributed by atoms with Crippen molar-refractivity contribution in [2.75, 3.05) is 0 Å². The van der Waals surface area contributed by atoms with E-state index in [1.54, 1.807) is 5.56 Å². The third kappa shape index (κ3) is 3.40. The molecule has 0 heterocycles. The van der Waals surface area contributed by atoms with Crippen LogP contribution in [0.4, 0.5) is 0 Å². The molecular weight excluding hydrogens is 191 g/mol. The van der Waals surface area contributed by atoms with Gasteiger partial charge >= 0.3 is 0 Å². The van der Waals surface area contributed by atoms with Crippen LogP contribution < -0.4 is 5.46 Å². The van der Waals surface area contributed by atoms with Crippen LogP contribution in [-0.2, 0) is 0 Å². The molecule has 0 N–H and O–H groups in total. The average molecular weight is 213 g/mol. The fourth-order valence-corrected chi connectivity index (χ4v) is 2.29. The first-order valence-corrected chi connectivity index (χ1v) is 6.84. The molecule has 1 fully saturated rings. The molecule has 1 aliphatic carbocycles. The second-order valence-corrected chi connectivity index (χ2v) is 4.96. The Hall–Kier alpha value is -0.715. The number of hydrogen-bond donors (Lipinski definition) is 0. The fourth-order valence-electron chi connectivity index (χ4n) is 2.29. The SMILES string of the molecule is CCCCCC[B]c1ccccc1C1CC1. The van der Waals surface area contributed by atoms with E-state index in [9.17, 15) is 0 Å². The van der Waals surface area contributed by atoms with Gasteiger partial charge in [-0.15, -0.1) is 0 Å². The maximum atomic E-state index is 2.45. The van der Waals surface area contributed by atoms with E-state index in [1.165, 1.54) is 50.3 Å². The second kappa shape index (κ2) is 6.13. The van der Waals surface area contributed by atoms with Crippen LogP contribution >= 0.6 is 0 Å². The van der Waals surface area contributed by atoms with E-state index in [1.807, 2.05) is 0 Å². The highest BCUT2D eigenvalue weighted by Crippen LogP contribution is 2.38. The third-order valence-electron chi connectivity index (χ3n) is 3.44. The van der Waals surface area contributed by atoms with Gasteiger partial charge in [0.2, 0.25) is 0 Å². The zero-order valence-electron chi connectivity index (χ0n) is 10.4. The minimum atomic E-state index is 0.878. The molecule has 16 heavy (non-hydrogen) atoms. The van der Waals surface area contributed by atoms with Gasteiger partial charge in [0, 0.05) is 0 Å². The molecule has 0 amide bonds. The summed E-state index contributed by atoms with van der Waals surface area (Å²) in [7, 11) is 2.45. The normalized spacial score (nSPS) is 15.1. The molecule has 1 aromatic rings. The Bertz CT molecular complexity index is 315. The Labute approximate surface area is 101 Å². The molecule has 85 valence electrons. The van der Waals surface area contributed by atoms with Crippen LogP contribution in [0, 0.1) is 0 Å². The van der Waals surface area contributed by atoms with Gasteiger partial charge in [0.15, 0.2) is 7.28 Å². The molecule has 0 aliphatic heterocycles. The van der Waals surface area contributed by atoms with Gasteiger partial charge in [0.25, 0.3) is 0 Å². The highest BCUT2D eigenvalue weighted by atomic mass is 14.3. The van der Waals surface area contributed by atoms with Crippen molar-refractivity contribution in [3.8, 4) is 0 Å². The summed E-state index contributed by atoms with van der Waals surface area (Å²) in [4.78, 5) is 0. The van der Waals surface area contributed by atoms with Gasteiger partial charge in [0.1, 0.15) is 0 Å². The van der Waals surface area contributed by atoms with Crippen molar-refractivity contribution in [1.82, 2.24) is 0 Å². The van der Waals surface area contributed by atoms with E-state index < -0.39 is 0 Å². The first-order chi connectivity index (χ1) is 7.92. The molecule has 1 heteroatoms. The number of benzene rings is 1. The molecule has 1 radical (unpaired) electrons. The highest BCUT2D eigenvalue weighted by Gasteiger charge is 2.25. The van der Waals surface area contributed by atoms with Gasteiger partial charge in [-0.2, -0.15) is 0 Å². The molecular formula is C15H22B. The number of rotatable bonds is 7. The van der Waals surface area contributed by atoms with Crippen molar-refractivity contribution in [3.63, 3.8) is 0 Å². The van der Waals surface area contributed by atoms with Crippen molar-refractivity contribution in [1.29, 1.82) is 0 Å². The van der Waals surface area contributed by atoms with Gasteiger partial charge in [-0.1, -0.05) is 74.2 Å². The summed E-state index contributed by atoms with van der Waals surface area (Å²) in [5, 5.41) is 0. The smallest absolute Gasteiger partial charge is 0.0844 e. The van der Waals surface area contributed by atoms with Crippen LogP contribution in [0.15, 0.2) is 24.3 Å². The standard InChI is InChI=1S/C15H22B/c1-2-3-4-7-12-16-15-9-6-5-8-14(15)13-10-11-13/h5-6,8-9,13H,2-4,7,10-12H2,1H3. The van der Waals surface area contributed by atoms with Crippen LogP contribution in [0.3, 0.4) is 0 Å². The Morgan fingerprint density at radius 2 is 1.94 bits per heavy atom. The minimum absolute atomic E-state index is 0.878. The zero-order chi connectivity index (χ0) is 11.2. The lowest BCUT2D eigenvalue weighted by Crippen LogP contribution is -2.18. The van der Waals surface area contributed by atoms with Crippen LogP contribution in [-0.4, -0.2) is 7.28 Å². The molecule has 0 unspecified atom stereocenters. The molecule has 0 saturated heterocycles. The summed E-state index contributed by atoms with van der Waals surface area (Å²) >= 11 is 0. The first-order valence-electron chi connectivity index (χ1n) is 6.84. The van der Waals surface area contributed by atoms with E-state index in [0.717, 1.165) is 5.92 Å². The van der Waals surface area contributed by atoms with Crippen molar-refractivity contribution < 1.29 is 0 Å². The predicted octanol–water partition coefficient (Wildman–Crippen LogP) is 3.89. The Balaban J connectivity index is 1.79. The molecule has 0 nitrogen and oxygen atoms in total. The number of hydrogen-bond acceptors (Lipinski definition) is 0. The molecule has 0 atom stereocenters. The summed E-state index contributed by atoms with van der Waals surface area (Å²) in [5.41, 5.74) is 3.10. The Kier molecular flexibility index (Phi) is 4.50. The quantitative estimate of drug-likeness (QED) is 0.476. The topological polar surface area (TPSA) is 0 Å². The summed E-state index contributed by atoms with van der Waals surface area (Å²) in [6, 6.07) is 8.95. The summed E-state index contributed by atoms with van der Waals surface area (Å²) in [6.45, 7) is 2.27. The van der Waals surface area contributed by atoms with Crippen molar-refractivity contribution in [2.45, 2.75) is 57.7 Å². The minimum Gasteiger partial charge on any atom is -0.0844 e. The van der Waals surface area contributed by atoms with Gasteiger partial charge in [-0.3, -0.25) is 0 Å². The van der Waals surface area contributed by atoms with E-state index in [4.69, 9.17) is 0 Å². The molecule has 1 saturated carbocycles. The van der Waals surface area contributed by atoms with E-state index >= 15 is 0 Å². The molecule has 0 spiro atoms. The van der Waals surface area contributed by atoms with Crippen LogP contribution in [0.2, 0.25) is 6.32 Å². The molecule has 0 aromatic heterocycles. The maximum Gasteiger partial charge on any atom is 0.151 e. The Morgan fingerprint density at radius 1 is 1.12 bits per heavy atom. The molecule has 2 rings (SSSR count). The lowest BCUT2D eigenvalue weighted by molar-refractivity contribution is 0.701. The average Bonchev–Trinajstić information content (AvgIpc) is 3.13. The van der Waals surface area contributed by atoms with Gasteiger partial charge in [0.05, 0.1) is 0 Å². The second-order valence-electron chi connectivity index (χ2n) is 4.96. The third-order valence-corrected chi connectivity index (χ3v) is 3.44. The lowest BCUT2D eigenvalue weighted by Gasteiger charge is -2.07. The summed E-state index contributed by atoms with van der Waals surface area (Å²) < 4.78 is 0. The first kappa shape index (κ1) is 11.8. The van der Waals surface area contributed by atoms with E-state index in [-0.39, 0.29) is 0 Å². The largest absolute Gasteiger partial charge is 0.151 e. The predicted molar refractivity (Wildman–Crippen MR) is 72.8 cm³/mol. The number of unbranched alkanes of at least 4 members (excludes halogenated alkanes) is 3. The van der Waals surface area contributed by atoms with E-state index in [2.05, 4.69) is 38.5 Å². The van der Waals surface area contributed by atoms with Crippen molar-refractivity contribution >= 4 is 12.7 Å². The molecule has 0 bridgehead atoms. The van der Waals surface area contributed by atoms with Gasteiger partial charge < -0.3 is 0 Å². The van der Waals surface area contributed by atoms with Gasteiger partial charge in [-0.05, 0) is 18.8 Å². The fraction of sp³-hybridized carbons (Fsp3) is 0.600. The molecule has 1 aromatic carbocycles. The maximum absolute atomic E-state index is 2.45.